The summed E-state index contributed by atoms with van der Waals surface area (Å²) < 4.78 is 318. The fraction of sp³-hybridized carbons (Fsp3) is 0.0345. The quantitative estimate of drug-likeness (QED) is 0.0764. The molecule has 0 heterocycles. The number of benzene rings is 5. The first-order valence-corrected chi connectivity index (χ1v) is 13.1. The molecular formula is C29BF21O2. The molecule has 0 N–H and O–H groups in total. The monoisotopic (exact) mass is 790 g/mol. The molecular weight excluding hydrogens is 790 g/mol. The van der Waals surface area contributed by atoms with Gasteiger partial charge in [0.05, 0.1) is 27.1 Å². The van der Waals surface area contributed by atoms with E-state index in [1.807, 2.05) is 0 Å². The lowest BCUT2D eigenvalue weighted by Gasteiger charge is -2.29. The van der Waals surface area contributed by atoms with Gasteiger partial charge in [-0.05, 0) is 0 Å². The number of hydrogen-bond acceptors (Lipinski definition) is 2. The van der Waals surface area contributed by atoms with Gasteiger partial charge in [0.25, 0.3) is 5.57 Å². The number of alkyl halides is 1. The molecule has 0 fully saturated rings. The largest absolute Gasteiger partial charge is 0.647 e. The number of hydrogen-bond donors (Lipinski definition) is 0. The van der Waals surface area contributed by atoms with Crippen molar-refractivity contribution in [3.05, 3.63) is 122 Å². The first kappa shape index (κ1) is 37.3. The van der Waals surface area contributed by atoms with E-state index in [9.17, 15) is 65.9 Å². The van der Waals surface area contributed by atoms with E-state index in [2.05, 4.69) is 9.31 Å². The van der Waals surface area contributed by atoms with Gasteiger partial charge in [-0.1, -0.05) is 0 Å². The van der Waals surface area contributed by atoms with E-state index in [0.717, 1.165) is 0 Å². The van der Waals surface area contributed by atoms with Crippen molar-refractivity contribution in [2.75, 3.05) is 0 Å². The zero-order valence-electron chi connectivity index (χ0n) is 23.8. The number of rotatable bonds is 5. The Bertz CT molecular complexity index is 2420. The van der Waals surface area contributed by atoms with Gasteiger partial charge >= 0.3 is 7.12 Å². The summed E-state index contributed by atoms with van der Waals surface area (Å²) in [5, 5.41) is -10.3. The lowest BCUT2D eigenvalue weighted by atomic mass is 9.64. The molecule has 0 aromatic heterocycles. The van der Waals surface area contributed by atoms with Gasteiger partial charge in [0.2, 0.25) is 11.6 Å². The normalized spacial score (nSPS) is 15.6. The first-order chi connectivity index (χ1) is 24.5. The van der Waals surface area contributed by atoms with Gasteiger partial charge in [0.1, 0.15) is 0 Å². The van der Waals surface area contributed by atoms with Crippen LogP contribution in [0.4, 0.5) is 92.2 Å². The van der Waals surface area contributed by atoms with E-state index in [-0.39, 0.29) is 0 Å². The molecule has 1 aliphatic carbocycles. The Morgan fingerprint density at radius 2 is 0.604 bits per heavy atom. The molecule has 0 saturated heterocycles. The predicted molar refractivity (Wildman–Crippen MR) is 133 cm³/mol. The molecule has 53 heavy (non-hydrogen) atoms. The zero-order valence-corrected chi connectivity index (χ0v) is 23.8. The summed E-state index contributed by atoms with van der Waals surface area (Å²) in [6, 6.07) is 0. The smallest absolute Gasteiger partial charge is 0.521 e. The molecule has 1 unspecified atom stereocenters. The predicted octanol–water partition coefficient (Wildman–Crippen LogP) is 10.5. The van der Waals surface area contributed by atoms with E-state index in [1.54, 1.807) is 0 Å². The average Bonchev–Trinajstić information content (AvgIpc) is 3.33. The number of halogens is 21. The van der Waals surface area contributed by atoms with Crippen LogP contribution in [0.3, 0.4) is 0 Å². The van der Waals surface area contributed by atoms with Crippen molar-refractivity contribution < 1.29 is 102 Å². The second-order valence-electron chi connectivity index (χ2n) is 10.5. The lowest BCUT2D eigenvalue weighted by molar-refractivity contribution is 0.205. The summed E-state index contributed by atoms with van der Waals surface area (Å²) in [4.78, 5) is 0. The highest BCUT2D eigenvalue weighted by Gasteiger charge is 2.66. The standard InChI is InChI=1S/C29BF21O2/c31-7-1-3(11(35)18(42)16(7)40)26(24(48)21(45)9(1)33)52-30(29(51)6-5(14(38)28(29)50)13(37)20(44)23(47)15(6)39)53-27-4-2(10(34)22(46)25(27)49)8(32)17(41)19(43)12(4)36. The molecule has 278 valence electrons. The molecule has 0 spiro atoms. The molecule has 0 amide bonds. The topological polar surface area (TPSA) is 18.5 Å². The van der Waals surface area contributed by atoms with Gasteiger partial charge < -0.3 is 9.31 Å². The summed E-state index contributed by atoms with van der Waals surface area (Å²) in [5.74, 6) is -67.9. The van der Waals surface area contributed by atoms with Gasteiger partial charge in [-0.15, -0.1) is 0 Å². The van der Waals surface area contributed by atoms with E-state index < -0.39 is 173 Å². The van der Waals surface area contributed by atoms with Crippen LogP contribution in [0.2, 0.25) is 0 Å². The van der Waals surface area contributed by atoms with Crippen LogP contribution in [0.1, 0.15) is 11.1 Å². The third-order valence-corrected chi connectivity index (χ3v) is 7.73. The summed E-state index contributed by atoms with van der Waals surface area (Å²) >= 11 is 0. The highest BCUT2D eigenvalue weighted by molar-refractivity contribution is 6.52. The second-order valence-corrected chi connectivity index (χ2v) is 10.5. The Morgan fingerprint density at radius 3 is 0.962 bits per heavy atom. The third-order valence-electron chi connectivity index (χ3n) is 7.73. The van der Waals surface area contributed by atoms with Crippen LogP contribution < -0.4 is 9.31 Å². The van der Waals surface area contributed by atoms with E-state index in [4.69, 9.17) is 0 Å². The summed E-state index contributed by atoms with van der Waals surface area (Å²) in [7, 11) is -4.70. The van der Waals surface area contributed by atoms with Crippen molar-refractivity contribution in [1.82, 2.24) is 0 Å². The maximum atomic E-state index is 17.0. The Hall–Kier alpha value is -5.45. The summed E-state index contributed by atoms with van der Waals surface area (Å²) in [6.45, 7) is 0. The molecule has 2 nitrogen and oxygen atoms in total. The Labute approximate surface area is 275 Å². The van der Waals surface area contributed by atoms with Crippen LogP contribution in [0.15, 0.2) is 5.83 Å². The van der Waals surface area contributed by atoms with Crippen molar-refractivity contribution in [1.29, 1.82) is 0 Å². The molecule has 1 atom stereocenters. The molecule has 5 aromatic carbocycles. The minimum absolute atomic E-state index is 2.54. The van der Waals surface area contributed by atoms with E-state index >= 15 is 26.3 Å². The Balaban J connectivity index is 1.79. The molecule has 6 rings (SSSR count). The van der Waals surface area contributed by atoms with Gasteiger partial charge in [0.15, 0.2) is 116 Å². The Kier molecular flexibility index (Phi) is 8.48. The summed E-state index contributed by atoms with van der Waals surface area (Å²) in [6.07, 6.45) is 0. The van der Waals surface area contributed by atoms with Crippen molar-refractivity contribution in [3.63, 3.8) is 0 Å². The van der Waals surface area contributed by atoms with E-state index in [1.165, 1.54) is 0 Å². The van der Waals surface area contributed by atoms with Crippen molar-refractivity contribution in [3.8, 4) is 11.5 Å². The Morgan fingerprint density at radius 1 is 0.321 bits per heavy atom. The zero-order chi connectivity index (χ0) is 39.7. The number of fused-ring (bicyclic) bond motifs is 3. The maximum absolute atomic E-state index is 17.0. The van der Waals surface area contributed by atoms with Crippen molar-refractivity contribution in [2.24, 2.45) is 0 Å². The molecule has 1 aliphatic rings. The summed E-state index contributed by atoms with van der Waals surface area (Å²) in [5.41, 5.74) is -11.2. The van der Waals surface area contributed by atoms with Crippen LogP contribution in [0.25, 0.3) is 27.4 Å². The molecule has 0 aliphatic heterocycles. The third kappa shape index (κ3) is 4.68. The minimum atomic E-state index is -5.67. The van der Waals surface area contributed by atoms with Crippen molar-refractivity contribution in [2.45, 2.75) is 5.57 Å². The van der Waals surface area contributed by atoms with Gasteiger partial charge in [-0.25, -0.2) is 83.4 Å². The van der Waals surface area contributed by atoms with Crippen LogP contribution in [0, 0.1) is 105 Å². The molecule has 24 heteroatoms. The van der Waals surface area contributed by atoms with Gasteiger partial charge in [-0.3, -0.25) is 0 Å². The molecule has 5 aromatic rings. The van der Waals surface area contributed by atoms with Crippen molar-refractivity contribution >= 4 is 34.5 Å². The van der Waals surface area contributed by atoms with E-state index in [0.29, 0.717) is 0 Å². The minimum Gasteiger partial charge on any atom is -0.521 e. The van der Waals surface area contributed by atoms with Crippen LogP contribution in [-0.4, -0.2) is 7.12 Å². The molecule has 0 radical (unpaired) electrons. The lowest BCUT2D eigenvalue weighted by Crippen LogP contribution is -2.50. The second kappa shape index (κ2) is 12.0. The average molecular weight is 790 g/mol. The first-order valence-electron chi connectivity index (χ1n) is 13.1. The van der Waals surface area contributed by atoms with Crippen LogP contribution in [-0.2, 0) is 5.57 Å². The SMILES string of the molecule is FC1=C(F)C(F)(B(Oc2c(F)c(F)c(F)c3c(F)c(F)c(F)c(F)c23)Oc2c(F)c(F)c(F)c3c(F)c(F)c(F)c(F)c23)c2c(F)c(F)c(F)c(F)c21. The molecule has 0 saturated carbocycles. The fourth-order valence-electron chi connectivity index (χ4n) is 5.33. The highest BCUT2D eigenvalue weighted by atomic mass is 19.2. The highest BCUT2D eigenvalue weighted by Crippen LogP contribution is 2.55. The molecule has 0 bridgehead atoms. The van der Waals surface area contributed by atoms with Gasteiger partial charge in [0, 0.05) is 5.56 Å². The van der Waals surface area contributed by atoms with Crippen LogP contribution in [0.5, 0.6) is 11.5 Å². The maximum Gasteiger partial charge on any atom is 0.647 e. The van der Waals surface area contributed by atoms with Gasteiger partial charge in [-0.2, -0.15) is 8.78 Å². The number of allylic oxidation sites excluding steroid dienone is 1. The fourth-order valence-corrected chi connectivity index (χ4v) is 5.33. The van der Waals surface area contributed by atoms with Crippen LogP contribution >= 0.6 is 0 Å².